The molecule has 1 aromatic rings. The molecule has 0 spiro atoms. The SMILES string of the molecule is COc1cc(N)cc(/C(C)=N/OC(C)(C)CO)c1. The average molecular weight is 252 g/mol. The van der Waals surface area contributed by atoms with Crippen LogP contribution < -0.4 is 10.5 Å². The van der Waals surface area contributed by atoms with Gasteiger partial charge in [-0.05, 0) is 32.9 Å². The Kier molecular flexibility index (Phi) is 4.55. The lowest BCUT2D eigenvalue weighted by Gasteiger charge is -2.19. The number of nitrogens with zero attached hydrogens (tertiary/aromatic N) is 1. The number of nitrogen functional groups attached to an aromatic ring is 1. The van der Waals surface area contributed by atoms with Gasteiger partial charge in [-0.25, -0.2) is 0 Å². The van der Waals surface area contributed by atoms with E-state index < -0.39 is 5.60 Å². The topological polar surface area (TPSA) is 77.1 Å². The molecule has 18 heavy (non-hydrogen) atoms. The van der Waals surface area contributed by atoms with Crippen molar-refractivity contribution in [2.75, 3.05) is 19.5 Å². The molecule has 1 rings (SSSR count). The molecule has 0 atom stereocenters. The van der Waals surface area contributed by atoms with Gasteiger partial charge in [-0.1, -0.05) is 5.16 Å². The first-order chi connectivity index (χ1) is 8.38. The maximum absolute atomic E-state index is 9.07. The van der Waals surface area contributed by atoms with Crippen LogP contribution in [0, 0.1) is 0 Å². The molecule has 0 aliphatic carbocycles. The van der Waals surface area contributed by atoms with Gasteiger partial charge in [-0.2, -0.15) is 0 Å². The van der Waals surface area contributed by atoms with E-state index in [-0.39, 0.29) is 6.61 Å². The molecule has 0 saturated carbocycles. The van der Waals surface area contributed by atoms with Gasteiger partial charge in [0, 0.05) is 17.3 Å². The third-order valence-electron chi connectivity index (χ3n) is 2.39. The second kappa shape index (κ2) is 5.73. The summed E-state index contributed by atoms with van der Waals surface area (Å²) >= 11 is 0. The number of rotatable bonds is 5. The monoisotopic (exact) mass is 252 g/mol. The Morgan fingerprint density at radius 2 is 2.06 bits per heavy atom. The number of hydrogen-bond acceptors (Lipinski definition) is 5. The Balaban J connectivity index is 2.93. The molecule has 0 heterocycles. The third kappa shape index (κ3) is 3.92. The zero-order chi connectivity index (χ0) is 13.8. The largest absolute Gasteiger partial charge is 0.497 e. The smallest absolute Gasteiger partial charge is 0.155 e. The quantitative estimate of drug-likeness (QED) is 0.476. The van der Waals surface area contributed by atoms with Crippen LogP contribution in [0.5, 0.6) is 5.75 Å². The van der Waals surface area contributed by atoms with Crippen LogP contribution in [-0.2, 0) is 4.84 Å². The van der Waals surface area contributed by atoms with Crippen molar-refractivity contribution in [1.82, 2.24) is 0 Å². The Bertz CT molecular complexity index is 442. The molecule has 5 heteroatoms. The lowest BCUT2D eigenvalue weighted by atomic mass is 10.1. The molecule has 3 N–H and O–H groups in total. The summed E-state index contributed by atoms with van der Waals surface area (Å²) in [7, 11) is 1.58. The molecule has 1 aromatic carbocycles. The zero-order valence-electron chi connectivity index (χ0n) is 11.2. The summed E-state index contributed by atoms with van der Waals surface area (Å²) in [4.78, 5) is 5.26. The second-order valence-corrected chi connectivity index (χ2v) is 4.68. The number of anilines is 1. The number of benzene rings is 1. The van der Waals surface area contributed by atoms with Crippen molar-refractivity contribution in [3.8, 4) is 5.75 Å². The van der Waals surface area contributed by atoms with E-state index in [4.69, 9.17) is 20.4 Å². The summed E-state index contributed by atoms with van der Waals surface area (Å²) in [5, 5.41) is 13.1. The van der Waals surface area contributed by atoms with Crippen molar-refractivity contribution in [2.24, 2.45) is 5.16 Å². The lowest BCUT2D eigenvalue weighted by Crippen LogP contribution is -2.27. The molecule has 0 amide bonds. The van der Waals surface area contributed by atoms with Crippen molar-refractivity contribution in [3.05, 3.63) is 23.8 Å². The summed E-state index contributed by atoms with van der Waals surface area (Å²) in [5.74, 6) is 0.668. The van der Waals surface area contributed by atoms with Crippen LogP contribution >= 0.6 is 0 Å². The van der Waals surface area contributed by atoms with E-state index in [1.54, 1.807) is 33.1 Å². The Hall–Kier alpha value is -1.75. The van der Waals surface area contributed by atoms with Gasteiger partial charge >= 0.3 is 0 Å². The van der Waals surface area contributed by atoms with Gasteiger partial charge in [0.1, 0.15) is 5.75 Å². The molecular weight excluding hydrogens is 232 g/mol. The van der Waals surface area contributed by atoms with E-state index in [1.807, 2.05) is 13.0 Å². The standard InChI is InChI=1S/C13H20N2O3/c1-9(15-18-13(2,3)8-16)10-5-11(14)7-12(6-10)17-4/h5-7,16H,8,14H2,1-4H3/b15-9+. The van der Waals surface area contributed by atoms with Crippen molar-refractivity contribution in [2.45, 2.75) is 26.4 Å². The molecule has 0 saturated heterocycles. The Morgan fingerprint density at radius 1 is 1.39 bits per heavy atom. The molecule has 0 radical (unpaired) electrons. The van der Waals surface area contributed by atoms with Crippen LogP contribution in [0.25, 0.3) is 0 Å². The fraction of sp³-hybridized carbons (Fsp3) is 0.462. The molecule has 0 bridgehead atoms. The molecular formula is C13H20N2O3. The minimum Gasteiger partial charge on any atom is -0.497 e. The van der Waals surface area contributed by atoms with Crippen LogP contribution in [0.1, 0.15) is 26.3 Å². The molecule has 0 aliphatic heterocycles. The summed E-state index contributed by atoms with van der Waals surface area (Å²) in [6.45, 7) is 5.21. The first-order valence-corrected chi connectivity index (χ1v) is 5.66. The van der Waals surface area contributed by atoms with Crippen LogP contribution in [0.15, 0.2) is 23.4 Å². The van der Waals surface area contributed by atoms with Crippen LogP contribution in [0.4, 0.5) is 5.69 Å². The normalized spacial score (nSPS) is 12.4. The minimum absolute atomic E-state index is 0.107. The molecule has 0 aromatic heterocycles. The van der Waals surface area contributed by atoms with Crippen LogP contribution in [0.2, 0.25) is 0 Å². The zero-order valence-corrected chi connectivity index (χ0v) is 11.2. The van der Waals surface area contributed by atoms with Gasteiger partial charge in [0.15, 0.2) is 5.60 Å². The minimum atomic E-state index is -0.703. The van der Waals surface area contributed by atoms with Crippen LogP contribution in [-0.4, -0.2) is 30.1 Å². The predicted molar refractivity (Wildman–Crippen MR) is 71.9 cm³/mol. The average Bonchev–Trinajstić information content (AvgIpc) is 2.35. The van der Waals surface area contributed by atoms with E-state index in [0.717, 1.165) is 5.56 Å². The van der Waals surface area contributed by atoms with Crippen molar-refractivity contribution in [1.29, 1.82) is 0 Å². The first-order valence-electron chi connectivity index (χ1n) is 5.66. The number of aliphatic hydroxyl groups is 1. The van der Waals surface area contributed by atoms with Gasteiger partial charge in [0.05, 0.1) is 19.4 Å². The highest BCUT2D eigenvalue weighted by atomic mass is 16.7. The van der Waals surface area contributed by atoms with E-state index in [2.05, 4.69) is 5.16 Å². The van der Waals surface area contributed by atoms with E-state index in [1.165, 1.54) is 0 Å². The summed E-state index contributed by atoms with van der Waals surface area (Å²) in [6, 6.07) is 5.34. The number of methoxy groups -OCH3 is 1. The molecule has 0 unspecified atom stereocenters. The van der Waals surface area contributed by atoms with Crippen molar-refractivity contribution < 1.29 is 14.7 Å². The van der Waals surface area contributed by atoms with Gasteiger partial charge in [0.2, 0.25) is 0 Å². The van der Waals surface area contributed by atoms with Gasteiger partial charge in [-0.3, -0.25) is 0 Å². The number of aliphatic hydroxyl groups excluding tert-OH is 1. The lowest BCUT2D eigenvalue weighted by molar-refractivity contribution is -0.0514. The first kappa shape index (κ1) is 14.3. The number of oxime groups is 1. The maximum atomic E-state index is 9.07. The predicted octanol–water partition coefficient (Wildman–Crippen LogP) is 1.79. The van der Waals surface area contributed by atoms with E-state index in [0.29, 0.717) is 17.1 Å². The second-order valence-electron chi connectivity index (χ2n) is 4.68. The van der Waals surface area contributed by atoms with Gasteiger partial charge < -0.3 is 20.4 Å². The number of nitrogens with two attached hydrogens (primary N) is 1. The Morgan fingerprint density at radius 3 is 2.61 bits per heavy atom. The van der Waals surface area contributed by atoms with Crippen LogP contribution in [0.3, 0.4) is 0 Å². The molecule has 0 fully saturated rings. The summed E-state index contributed by atoms with van der Waals surface area (Å²) in [5.41, 5.74) is 7.15. The summed E-state index contributed by atoms with van der Waals surface area (Å²) < 4.78 is 5.14. The highest BCUT2D eigenvalue weighted by Gasteiger charge is 2.18. The Labute approximate surface area is 107 Å². The number of hydrogen-bond donors (Lipinski definition) is 2. The fourth-order valence-electron chi connectivity index (χ4n) is 1.22. The highest BCUT2D eigenvalue weighted by molar-refractivity contribution is 5.99. The highest BCUT2D eigenvalue weighted by Crippen LogP contribution is 2.19. The van der Waals surface area contributed by atoms with Gasteiger partial charge in [0.25, 0.3) is 0 Å². The fourth-order valence-corrected chi connectivity index (χ4v) is 1.22. The summed E-state index contributed by atoms with van der Waals surface area (Å²) in [6.07, 6.45) is 0. The molecule has 0 aliphatic rings. The van der Waals surface area contributed by atoms with Gasteiger partial charge in [-0.15, -0.1) is 0 Å². The molecule has 100 valence electrons. The number of ether oxygens (including phenoxy) is 1. The third-order valence-corrected chi connectivity index (χ3v) is 2.39. The van der Waals surface area contributed by atoms with Crippen molar-refractivity contribution >= 4 is 11.4 Å². The van der Waals surface area contributed by atoms with Crippen molar-refractivity contribution in [3.63, 3.8) is 0 Å². The van der Waals surface area contributed by atoms with E-state index >= 15 is 0 Å². The molecule has 5 nitrogen and oxygen atoms in total. The van der Waals surface area contributed by atoms with E-state index in [9.17, 15) is 0 Å². The maximum Gasteiger partial charge on any atom is 0.155 e.